The Morgan fingerprint density at radius 1 is 1.35 bits per heavy atom. The molecule has 0 atom stereocenters. The monoisotopic (exact) mass is 274 g/mol. The lowest BCUT2D eigenvalue weighted by Gasteiger charge is -2.46. The third-order valence-corrected chi connectivity index (χ3v) is 4.69. The number of hydrogen-bond acceptors (Lipinski definition) is 4. The van der Waals surface area contributed by atoms with Crippen molar-refractivity contribution in [2.45, 2.75) is 44.8 Å². The van der Waals surface area contributed by atoms with Crippen LogP contribution in [0.4, 0.5) is 5.69 Å². The number of rotatable bonds is 4. The van der Waals surface area contributed by atoms with Gasteiger partial charge in [0.1, 0.15) is 0 Å². The molecule has 4 heteroatoms. The minimum atomic E-state index is 0.225. The van der Waals surface area contributed by atoms with Gasteiger partial charge in [0.15, 0.2) is 0 Å². The molecule has 20 heavy (non-hydrogen) atoms. The predicted molar refractivity (Wildman–Crippen MR) is 83.0 cm³/mol. The maximum atomic E-state index is 4.31. The Bertz CT molecular complexity index is 467. The van der Waals surface area contributed by atoms with Crippen molar-refractivity contribution in [3.63, 3.8) is 0 Å². The van der Waals surface area contributed by atoms with Crippen LogP contribution in [0.2, 0.25) is 0 Å². The number of piperazine rings is 1. The van der Waals surface area contributed by atoms with Crippen LogP contribution in [0.3, 0.4) is 0 Å². The molecule has 0 unspecified atom stereocenters. The first kappa shape index (κ1) is 13.8. The number of nitrogens with one attached hydrogen (secondary N) is 1. The molecule has 1 saturated carbocycles. The minimum Gasteiger partial charge on any atom is -0.368 e. The summed E-state index contributed by atoms with van der Waals surface area (Å²) in [7, 11) is 2.22. The minimum absolute atomic E-state index is 0.225. The van der Waals surface area contributed by atoms with Crippen molar-refractivity contribution >= 4 is 5.69 Å². The van der Waals surface area contributed by atoms with Gasteiger partial charge in [-0.05, 0) is 39.8 Å². The average Bonchev–Trinajstić information content (AvgIpc) is 3.24. The Morgan fingerprint density at radius 3 is 2.85 bits per heavy atom. The molecule has 2 heterocycles. The van der Waals surface area contributed by atoms with Gasteiger partial charge in [-0.15, -0.1) is 0 Å². The van der Waals surface area contributed by atoms with E-state index in [-0.39, 0.29) is 5.54 Å². The van der Waals surface area contributed by atoms with E-state index in [4.69, 9.17) is 0 Å². The summed E-state index contributed by atoms with van der Waals surface area (Å²) in [6.45, 7) is 8.88. The van der Waals surface area contributed by atoms with E-state index in [0.717, 1.165) is 32.2 Å². The fourth-order valence-corrected chi connectivity index (χ4v) is 2.85. The third kappa shape index (κ3) is 2.96. The topological polar surface area (TPSA) is 31.4 Å². The molecular weight excluding hydrogens is 248 g/mol. The van der Waals surface area contributed by atoms with Gasteiger partial charge in [-0.25, -0.2) is 0 Å². The van der Waals surface area contributed by atoms with Crippen LogP contribution >= 0.6 is 0 Å². The Kier molecular flexibility index (Phi) is 3.69. The molecule has 2 fully saturated rings. The fraction of sp³-hybridized carbons (Fsp3) is 0.688. The lowest BCUT2D eigenvalue weighted by molar-refractivity contribution is 0.139. The summed E-state index contributed by atoms with van der Waals surface area (Å²) >= 11 is 0. The maximum absolute atomic E-state index is 4.31. The fourth-order valence-electron chi connectivity index (χ4n) is 2.85. The molecule has 4 nitrogen and oxygen atoms in total. The van der Waals surface area contributed by atoms with Crippen LogP contribution in [-0.2, 0) is 6.54 Å². The highest BCUT2D eigenvalue weighted by atomic mass is 15.3. The molecule has 1 aromatic rings. The summed E-state index contributed by atoms with van der Waals surface area (Å²) < 4.78 is 0. The van der Waals surface area contributed by atoms with Gasteiger partial charge in [0, 0.05) is 61.4 Å². The normalized spacial score (nSPS) is 23.1. The van der Waals surface area contributed by atoms with Crippen LogP contribution in [0.15, 0.2) is 18.5 Å². The quantitative estimate of drug-likeness (QED) is 0.908. The van der Waals surface area contributed by atoms with Crippen LogP contribution in [0.1, 0.15) is 32.3 Å². The van der Waals surface area contributed by atoms with E-state index in [9.17, 15) is 0 Å². The molecule has 1 aliphatic carbocycles. The highest BCUT2D eigenvalue weighted by Gasteiger charge is 2.32. The van der Waals surface area contributed by atoms with Crippen molar-refractivity contribution in [2.75, 3.05) is 31.6 Å². The number of aromatic nitrogens is 1. The van der Waals surface area contributed by atoms with Crippen LogP contribution in [0, 0.1) is 0 Å². The van der Waals surface area contributed by atoms with Gasteiger partial charge in [-0.3, -0.25) is 9.88 Å². The first-order valence-corrected chi connectivity index (χ1v) is 7.69. The molecule has 3 rings (SSSR count). The van der Waals surface area contributed by atoms with E-state index in [0.29, 0.717) is 0 Å². The van der Waals surface area contributed by atoms with Gasteiger partial charge in [0.05, 0.1) is 0 Å². The van der Waals surface area contributed by atoms with Crippen LogP contribution in [-0.4, -0.2) is 48.1 Å². The van der Waals surface area contributed by atoms with E-state index < -0.39 is 0 Å². The number of anilines is 1. The van der Waals surface area contributed by atoms with Gasteiger partial charge in [0.2, 0.25) is 0 Å². The third-order valence-electron chi connectivity index (χ3n) is 4.69. The summed E-state index contributed by atoms with van der Waals surface area (Å²) in [5, 5.41) is 3.60. The van der Waals surface area contributed by atoms with Gasteiger partial charge in [-0.1, -0.05) is 0 Å². The molecule has 1 aromatic heterocycles. The molecule has 1 saturated heterocycles. The van der Waals surface area contributed by atoms with Gasteiger partial charge < -0.3 is 10.2 Å². The van der Waals surface area contributed by atoms with Crippen molar-refractivity contribution in [3.05, 3.63) is 24.0 Å². The molecule has 2 aliphatic rings. The Morgan fingerprint density at radius 2 is 2.15 bits per heavy atom. The molecule has 0 radical (unpaired) electrons. The second kappa shape index (κ2) is 5.34. The molecule has 1 N–H and O–H groups in total. The molecule has 0 amide bonds. The van der Waals surface area contributed by atoms with Crippen LogP contribution in [0.5, 0.6) is 0 Å². The maximum Gasteiger partial charge on any atom is 0.0443 e. The molecule has 0 spiro atoms. The van der Waals surface area contributed by atoms with E-state index in [1.54, 1.807) is 0 Å². The van der Waals surface area contributed by atoms with Crippen LogP contribution < -0.4 is 10.2 Å². The Hall–Kier alpha value is -1.13. The summed E-state index contributed by atoms with van der Waals surface area (Å²) in [6, 6.07) is 2.91. The Balaban J connectivity index is 1.75. The van der Waals surface area contributed by atoms with E-state index in [2.05, 4.69) is 47.1 Å². The highest BCUT2D eigenvalue weighted by molar-refractivity contribution is 5.53. The number of pyridine rings is 1. The molecular formula is C16H26N4. The van der Waals surface area contributed by atoms with E-state index >= 15 is 0 Å². The van der Waals surface area contributed by atoms with E-state index in [1.165, 1.54) is 24.1 Å². The molecule has 1 aliphatic heterocycles. The van der Waals surface area contributed by atoms with Crippen LogP contribution in [0.25, 0.3) is 0 Å². The zero-order valence-corrected chi connectivity index (χ0v) is 12.9. The summed E-state index contributed by atoms with van der Waals surface area (Å²) in [5.41, 5.74) is 2.91. The van der Waals surface area contributed by atoms with Gasteiger partial charge >= 0.3 is 0 Å². The summed E-state index contributed by atoms with van der Waals surface area (Å²) in [5.74, 6) is 0. The predicted octanol–water partition coefficient (Wildman–Crippen LogP) is 1.86. The zero-order valence-electron chi connectivity index (χ0n) is 12.9. The largest absolute Gasteiger partial charge is 0.368 e. The molecule has 110 valence electrons. The number of nitrogens with zero attached hydrogens (tertiary/aromatic N) is 3. The van der Waals surface area contributed by atoms with Crippen molar-refractivity contribution in [1.82, 2.24) is 15.2 Å². The second-order valence-electron chi connectivity index (χ2n) is 6.82. The first-order valence-electron chi connectivity index (χ1n) is 7.69. The van der Waals surface area contributed by atoms with Gasteiger partial charge in [-0.2, -0.15) is 0 Å². The standard InChI is InChI=1S/C16H26N4/c1-16(2)12-20(9-8-19(16)3)15-6-7-17-10-13(15)11-18-14-4-5-14/h6-7,10,14,18H,4-5,8-9,11-12H2,1-3H3. The van der Waals surface area contributed by atoms with E-state index in [1.807, 2.05) is 12.4 Å². The summed E-state index contributed by atoms with van der Waals surface area (Å²) in [6.07, 6.45) is 6.60. The van der Waals surface area contributed by atoms with Crippen molar-refractivity contribution < 1.29 is 0 Å². The molecule has 0 aromatic carbocycles. The SMILES string of the molecule is CN1CCN(c2ccncc2CNC2CC2)CC1(C)C. The first-order chi connectivity index (χ1) is 9.56. The second-order valence-corrected chi connectivity index (χ2v) is 6.82. The lowest BCUT2D eigenvalue weighted by atomic mass is 9.99. The smallest absolute Gasteiger partial charge is 0.0443 e. The number of likely N-dealkylation sites (N-methyl/N-ethyl adjacent to an activating group) is 1. The van der Waals surface area contributed by atoms with Gasteiger partial charge in [0.25, 0.3) is 0 Å². The van der Waals surface area contributed by atoms with Crippen molar-refractivity contribution in [1.29, 1.82) is 0 Å². The molecule has 0 bridgehead atoms. The lowest BCUT2D eigenvalue weighted by Crippen LogP contribution is -2.57. The zero-order chi connectivity index (χ0) is 14.2. The number of hydrogen-bond donors (Lipinski definition) is 1. The van der Waals surface area contributed by atoms with Crippen molar-refractivity contribution in [3.8, 4) is 0 Å². The van der Waals surface area contributed by atoms with Crippen molar-refractivity contribution in [2.24, 2.45) is 0 Å². The average molecular weight is 274 g/mol. The Labute approximate surface area is 122 Å². The highest BCUT2D eigenvalue weighted by Crippen LogP contribution is 2.27. The summed E-state index contributed by atoms with van der Waals surface area (Å²) in [4.78, 5) is 9.28.